The lowest BCUT2D eigenvalue weighted by Gasteiger charge is -2.17. The highest BCUT2D eigenvalue weighted by Crippen LogP contribution is 2.15. The van der Waals surface area contributed by atoms with Crippen LogP contribution in [0.3, 0.4) is 0 Å². The maximum absolute atomic E-state index is 8.77. The van der Waals surface area contributed by atoms with Crippen LogP contribution in [0.4, 0.5) is 5.82 Å². The third-order valence-corrected chi connectivity index (χ3v) is 2.26. The largest absolute Gasteiger partial charge is 0.395 e. The van der Waals surface area contributed by atoms with Gasteiger partial charge in [-0.2, -0.15) is 0 Å². The Morgan fingerprint density at radius 1 is 1.43 bits per heavy atom. The van der Waals surface area contributed by atoms with Crippen LogP contribution >= 0.6 is 0 Å². The van der Waals surface area contributed by atoms with Crippen molar-refractivity contribution < 1.29 is 5.11 Å². The van der Waals surface area contributed by atoms with Gasteiger partial charge in [0.1, 0.15) is 5.82 Å². The molecule has 0 amide bonds. The first-order valence-electron chi connectivity index (χ1n) is 4.93. The summed E-state index contributed by atoms with van der Waals surface area (Å²) in [6.07, 6.45) is 1.90. The molecule has 1 aromatic heterocycles. The van der Waals surface area contributed by atoms with Crippen molar-refractivity contribution in [2.75, 3.05) is 25.1 Å². The van der Waals surface area contributed by atoms with Crippen molar-refractivity contribution in [2.45, 2.75) is 19.8 Å². The fourth-order valence-corrected chi connectivity index (χ4v) is 1.23. The van der Waals surface area contributed by atoms with Gasteiger partial charge in [0, 0.05) is 19.8 Å². The maximum Gasteiger partial charge on any atom is 0.128 e. The number of hydrogen-bond acceptors (Lipinski definition) is 3. The third kappa shape index (κ3) is 2.70. The Labute approximate surface area is 85.4 Å². The zero-order chi connectivity index (χ0) is 10.6. The molecule has 0 aliphatic heterocycles. The minimum absolute atomic E-state index is 0.157. The first-order chi connectivity index (χ1) is 6.65. The van der Waals surface area contributed by atoms with Crippen LogP contribution in [0.15, 0.2) is 18.3 Å². The summed E-state index contributed by atoms with van der Waals surface area (Å²) in [5, 5.41) is 8.77. The van der Waals surface area contributed by atoms with Crippen molar-refractivity contribution in [3.05, 3.63) is 23.9 Å². The van der Waals surface area contributed by atoms with E-state index in [0.717, 1.165) is 5.82 Å². The molecule has 1 aromatic rings. The fraction of sp³-hybridized carbons (Fsp3) is 0.545. The molecular weight excluding hydrogens is 176 g/mol. The summed E-state index contributed by atoms with van der Waals surface area (Å²) >= 11 is 0. The predicted molar refractivity (Wildman–Crippen MR) is 58.7 cm³/mol. The maximum atomic E-state index is 8.77. The number of rotatable bonds is 4. The monoisotopic (exact) mass is 194 g/mol. The van der Waals surface area contributed by atoms with Gasteiger partial charge >= 0.3 is 0 Å². The number of aliphatic hydroxyl groups is 1. The summed E-state index contributed by atoms with van der Waals surface area (Å²) in [6.45, 7) is 5.07. The van der Waals surface area contributed by atoms with Gasteiger partial charge in [0.05, 0.1) is 6.61 Å². The summed E-state index contributed by atoms with van der Waals surface area (Å²) < 4.78 is 0. The van der Waals surface area contributed by atoms with Crippen molar-refractivity contribution in [1.29, 1.82) is 0 Å². The molecule has 0 fully saturated rings. The molecule has 1 N–H and O–H groups in total. The smallest absolute Gasteiger partial charge is 0.128 e. The number of aliphatic hydroxyl groups excluding tert-OH is 1. The SMILES string of the molecule is CC(C)c1ccc(N(C)CCO)nc1. The number of likely N-dealkylation sites (N-methyl/N-ethyl adjacent to an activating group) is 1. The quantitative estimate of drug-likeness (QED) is 0.791. The average Bonchev–Trinajstić information content (AvgIpc) is 2.18. The van der Waals surface area contributed by atoms with E-state index in [0.29, 0.717) is 12.5 Å². The molecule has 0 aromatic carbocycles. The van der Waals surface area contributed by atoms with Gasteiger partial charge in [-0.3, -0.25) is 0 Å². The first-order valence-corrected chi connectivity index (χ1v) is 4.93. The van der Waals surface area contributed by atoms with E-state index in [1.54, 1.807) is 0 Å². The molecule has 3 heteroatoms. The summed E-state index contributed by atoms with van der Waals surface area (Å²) in [5.41, 5.74) is 1.24. The summed E-state index contributed by atoms with van der Waals surface area (Å²) in [5.74, 6) is 1.42. The molecule has 0 saturated carbocycles. The Hall–Kier alpha value is -1.09. The van der Waals surface area contributed by atoms with Gasteiger partial charge in [-0.1, -0.05) is 19.9 Å². The molecule has 0 bridgehead atoms. The second-order valence-electron chi connectivity index (χ2n) is 3.75. The van der Waals surface area contributed by atoms with Gasteiger partial charge in [0.15, 0.2) is 0 Å². The second kappa shape index (κ2) is 4.96. The van der Waals surface area contributed by atoms with Crippen molar-refractivity contribution >= 4 is 5.82 Å². The van der Waals surface area contributed by atoms with Crippen LogP contribution in [-0.2, 0) is 0 Å². The molecule has 3 nitrogen and oxygen atoms in total. The third-order valence-electron chi connectivity index (χ3n) is 2.26. The lowest BCUT2D eigenvalue weighted by atomic mass is 10.1. The zero-order valence-electron chi connectivity index (χ0n) is 9.07. The van der Waals surface area contributed by atoms with Gasteiger partial charge in [0.25, 0.3) is 0 Å². The van der Waals surface area contributed by atoms with E-state index in [4.69, 9.17) is 5.11 Å². The molecule has 0 unspecified atom stereocenters. The van der Waals surface area contributed by atoms with E-state index in [9.17, 15) is 0 Å². The molecule has 0 aliphatic rings. The van der Waals surface area contributed by atoms with Crippen molar-refractivity contribution in [3.63, 3.8) is 0 Å². The molecule has 78 valence electrons. The molecule has 1 rings (SSSR count). The van der Waals surface area contributed by atoms with E-state index in [1.807, 2.05) is 24.2 Å². The summed E-state index contributed by atoms with van der Waals surface area (Å²) in [6, 6.07) is 4.08. The lowest BCUT2D eigenvalue weighted by molar-refractivity contribution is 0.304. The van der Waals surface area contributed by atoms with E-state index < -0.39 is 0 Å². The highest BCUT2D eigenvalue weighted by Gasteiger charge is 2.03. The van der Waals surface area contributed by atoms with E-state index in [-0.39, 0.29) is 6.61 Å². The lowest BCUT2D eigenvalue weighted by Crippen LogP contribution is -2.22. The van der Waals surface area contributed by atoms with Crippen molar-refractivity contribution in [2.24, 2.45) is 0 Å². The van der Waals surface area contributed by atoms with Gasteiger partial charge < -0.3 is 10.0 Å². The second-order valence-corrected chi connectivity index (χ2v) is 3.75. The van der Waals surface area contributed by atoms with Crippen molar-refractivity contribution in [3.8, 4) is 0 Å². The Morgan fingerprint density at radius 2 is 2.14 bits per heavy atom. The van der Waals surface area contributed by atoms with Crippen LogP contribution in [0.25, 0.3) is 0 Å². The highest BCUT2D eigenvalue weighted by molar-refractivity contribution is 5.38. The van der Waals surface area contributed by atoms with E-state index in [2.05, 4.69) is 24.9 Å². The molecule has 0 aliphatic carbocycles. The normalized spacial score (nSPS) is 10.6. The van der Waals surface area contributed by atoms with E-state index >= 15 is 0 Å². The van der Waals surface area contributed by atoms with Gasteiger partial charge in [-0.05, 0) is 17.5 Å². The van der Waals surface area contributed by atoms with Gasteiger partial charge in [0.2, 0.25) is 0 Å². The van der Waals surface area contributed by atoms with Gasteiger partial charge in [-0.25, -0.2) is 4.98 Å². The van der Waals surface area contributed by atoms with E-state index in [1.165, 1.54) is 5.56 Å². The molecule has 0 atom stereocenters. The topological polar surface area (TPSA) is 36.4 Å². The minimum atomic E-state index is 0.157. The Morgan fingerprint density at radius 3 is 2.57 bits per heavy atom. The van der Waals surface area contributed by atoms with Crippen LogP contribution in [0.2, 0.25) is 0 Å². The molecule has 14 heavy (non-hydrogen) atoms. The molecule has 0 saturated heterocycles. The number of hydrogen-bond donors (Lipinski definition) is 1. The fourth-order valence-electron chi connectivity index (χ4n) is 1.23. The standard InChI is InChI=1S/C11H18N2O/c1-9(2)10-4-5-11(12-8-10)13(3)6-7-14/h4-5,8-9,14H,6-7H2,1-3H3. The molecular formula is C11H18N2O. The summed E-state index contributed by atoms with van der Waals surface area (Å²) in [7, 11) is 1.92. The average molecular weight is 194 g/mol. The van der Waals surface area contributed by atoms with Crippen LogP contribution in [0, 0.1) is 0 Å². The molecule has 1 heterocycles. The summed E-state index contributed by atoms with van der Waals surface area (Å²) in [4.78, 5) is 6.27. The van der Waals surface area contributed by atoms with Crippen LogP contribution in [0.5, 0.6) is 0 Å². The first kappa shape index (κ1) is 11.0. The highest BCUT2D eigenvalue weighted by atomic mass is 16.3. The predicted octanol–water partition coefficient (Wildman–Crippen LogP) is 1.63. The Kier molecular flexibility index (Phi) is 3.89. The molecule has 0 spiro atoms. The van der Waals surface area contributed by atoms with Crippen LogP contribution < -0.4 is 4.90 Å². The zero-order valence-corrected chi connectivity index (χ0v) is 9.07. The van der Waals surface area contributed by atoms with Crippen molar-refractivity contribution in [1.82, 2.24) is 4.98 Å². The number of aromatic nitrogens is 1. The Bertz CT molecular complexity index is 269. The van der Waals surface area contributed by atoms with Crippen LogP contribution in [0.1, 0.15) is 25.3 Å². The number of pyridine rings is 1. The number of nitrogens with zero attached hydrogens (tertiary/aromatic N) is 2. The number of anilines is 1. The molecule has 0 radical (unpaired) electrons. The Balaban J connectivity index is 2.72. The van der Waals surface area contributed by atoms with Crippen LogP contribution in [-0.4, -0.2) is 30.3 Å². The minimum Gasteiger partial charge on any atom is -0.395 e. The van der Waals surface area contributed by atoms with Gasteiger partial charge in [-0.15, -0.1) is 0 Å².